The van der Waals surface area contributed by atoms with Gasteiger partial charge in [-0.1, -0.05) is 0 Å². The number of alkyl halides is 4. The van der Waals surface area contributed by atoms with Crippen molar-refractivity contribution >= 4 is 0 Å². The highest BCUT2D eigenvalue weighted by Gasteiger charge is 2.45. The molecule has 2 saturated heterocycles. The second-order valence-corrected chi connectivity index (χ2v) is 4.81. The lowest BCUT2D eigenvalue weighted by Crippen LogP contribution is -2.46. The lowest BCUT2D eigenvalue weighted by atomic mass is 9.85. The highest BCUT2D eigenvalue weighted by atomic mass is 19.4. The lowest BCUT2D eigenvalue weighted by molar-refractivity contribution is -0.143. The lowest BCUT2D eigenvalue weighted by Gasteiger charge is -2.35. The number of nitrogens with one attached hydrogen (secondary N) is 1. The van der Waals surface area contributed by atoms with E-state index in [2.05, 4.69) is 5.32 Å². The Hall–Kier alpha value is -0.320. The van der Waals surface area contributed by atoms with Crippen LogP contribution in [-0.2, 0) is 0 Å². The Bertz CT molecular complexity index is 226. The third kappa shape index (κ3) is 2.83. The van der Waals surface area contributed by atoms with E-state index in [0.29, 0.717) is 0 Å². The Morgan fingerprint density at radius 2 is 1.67 bits per heavy atom. The summed E-state index contributed by atoms with van der Waals surface area (Å²) in [5.74, 6) is 0. The molecule has 15 heavy (non-hydrogen) atoms. The normalized spacial score (nSPS) is 40.8. The molecule has 0 aromatic heterocycles. The van der Waals surface area contributed by atoms with Gasteiger partial charge in [0.15, 0.2) is 0 Å². The van der Waals surface area contributed by atoms with Crippen LogP contribution in [0.2, 0.25) is 0 Å². The third-order valence-corrected chi connectivity index (χ3v) is 3.42. The summed E-state index contributed by atoms with van der Waals surface area (Å²) in [6, 6.07) is 0.198. The maximum absolute atomic E-state index is 14.1. The quantitative estimate of drug-likeness (QED) is 0.712. The van der Waals surface area contributed by atoms with Crippen molar-refractivity contribution in [3.63, 3.8) is 0 Å². The largest absolute Gasteiger partial charge is 0.389 e. The molecule has 1 nitrogen and oxygen atoms in total. The van der Waals surface area contributed by atoms with E-state index in [1.165, 1.54) is 0 Å². The van der Waals surface area contributed by atoms with Crippen LogP contribution in [0.1, 0.15) is 38.5 Å². The molecular formula is C10H15F4N. The zero-order chi connectivity index (χ0) is 11.1. The molecule has 5 heteroatoms. The van der Waals surface area contributed by atoms with E-state index in [1.54, 1.807) is 0 Å². The van der Waals surface area contributed by atoms with Crippen molar-refractivity contribution in [2.24, 2.45) is 0 Å². The SMILES string of the molecule is FC(F)(F)CCC1(F)CC2CCC(C1)N2. The first kappa shape index (κ1) is 11.2. The highest BCUT2D eigenvalue weighted by molar-refractivity contribution is 5.00. The fourth-order valence-corrected chi connectivity index (χ4v) is 2.76. The number of hydrogen-bond donors (Lipinski definition) is 1. The number of halogens is 4. The van der Waals surface area contributed by atoms with Crippen LogP contribution in [-0.4, -0.2) is 23.9 Å². The molecule has 2 rings (SSSR count). The maximum atomic E-state index is 14.1. The van der Waals surface area contributed by atoms with Crippen LogP contribution in [0.5, 0.6) is 0 Å². The first-order chi connectivity index (χ1) is 6.86. The summed E-state index contributed by atoms with van der Waals surface area (Å²) in [7, 11) is 0. The molecule has 0 aliphatic carbocycles. The first-order valence-corrected chi connectivity index (χ1v) is 5.38. The Kier molecular flexibility index (Phi) is 2.69. The number of fused-ring (bicyclic) bond motifs is 2. The van der Waals surface area contributed by atoms with Gasteiger partial charge in [0.25, 0.3) is 0 Å². The van der Waals surface area contributed by atoms with Gasteiger partial charge in [-0.3, -0.25) is 0 Å². The van der Waals surface area contributed by atoms with Crippen molar-refractivity contribution < 1.29 is 17.6 Å². The van der Waals surface area contributed by atoms with Crippen LogP contribution < -0.4 is 5.32 Å². The first-order valence-electron chi connectivity index (χ1n) is 5.38. The predicted octanol–water partition coefficient (Wildman–Crippen LogP) is 2.95. The fraction of sp³-hybridized carbons (Fsp3) is 1.00. The van der Waals surface area contributed by atoms with Crippen LogP contribution in [0.25, 0.3) is 0 Å². The summed E-state index contributed by atoms with van der Waals surface area (Å²) < 4.78 is 50.1. The molecule has 2 heterocycles. The molecule has 0 saturated carbocycles. The summed E-state index contributed by atoms with van der Waals surface area (Å²) in [5, 5.41) is 3.22. The Labute approximate surface area is 86.2 Å². The van der Waals surface area contributed by atoms with Gasteiger partial charge in [-0.05, 0) is 32.1 Å². The van der Waals surface area contributed by atoms with Gasteiger partial charge in [-0.2, -0.15) is 13.2 Å². The summed E-state index contributed by atoms with van der Waals surface area (Å²) in [6.45, 7) is 0. The standard InChI is InChI=1S/C10H15F4N/c11-9(3-4-10(12,13)14)5-7-1-2-8(6-9)15-7/h7-8,15H,1-6H2. The second kappa shape index (κ2) is 3.61. The van der Waals surface area contributed by atoms with E-state index in [0.717, 1.165) is 12.8 Å². The average Bonchev–Trinajstić information content (AvgIpc) is 2.42. The smallest absolute Gasteiger partial charge is 0.311 e. The zero-order valence-electron chi connectivity index (χ0n) is 8.41. The van der Waals surface area contributed by atoms with Crippen molar-refractivity contribution in [1.82, 2.24) is 5.32 Å². The molecule has 0 aromatic rings. The maximum Gasteiger partial charge on any atom is 0.389 e. The van der Waals surface area contributed by atoms with E-state index in [4.69, 9.17) is 0 Å². The molecule has 2 bridgehead atoms. The topological polar surface area (TPSA) is 12.0 Å². The van der Waals surface area contributed by atoms with Gasteiger partial charge in [-0.15, -0.1) is 0 Å². The van der Waals surface area contributed by atoms with Crippen molar-refractivity contribution in [3.8, 4) is 0 Å². The third-order valence-electron chi connectivity index (χ3n) is 3.42. The second-order valence-electron chi connectivity index (χ2n) is 4.81. The van der Waals surface area contributed by atoms with Crippen LogP contribution >= 0.6 is 0 Å². The predicted molar refractivity (Wildman–Crippen MR) is 48.3 cm³/mol. The average molecular weight is 225 g/mol. The van der Waals surface area contributed by atoms with Crippen molar-refractivity contribution in [2.45, 2.75) is 62.5 Å². The van der Waals surface area contributed by atoms with Gasteiger partial charge < -0.3 is 5.32 Å². The Balaban J connectivity index is 1.90. The molecule has 2 aliphatic heterocycles. The summed E-state index contributed by atoms with van der Waals surface area (Å²) in [4.78, 5) is 0. The minimum absolute atomic E-state index is 0.0991. The molecule has 2 unspecified atom stereocenters. The molecule has 88 valence electrons. The Morgan fingerprint density at radius 1 is 1.13 bits per heavy atom. The zero-order valence-corrected chi connectivity index (χ0v) is 8.41. The molecule has 2 atom stereocenters. The number of hydrogen-bond acceptors (Lipinski definition) is 1. The monoisotopic (exact) mass is 225 g/mol. The van der Waals surface area contributed by atoms with E-state index >= 15 is 0 Å². The minimum atomic E-state index is -4.23. The van der Waals surface area contributed by atoms with Gasteiger partial charge in [0, 0.05) is 18.5 Å². The molecular weight excluding hydrogens is 210 g/mol. The molecule has 2 aliphatic rings. The molecule has 0 amide bonds. The van der Waals surface area contributed by atoms with Crippen LogP contribution in [0.4, 0.5) is 17.6 Å². The van der Waals surface area contributed by atoms with E-state index in [1.807, 2.05) is 0 Å². The van der Waals surface area contributed by atoms with Gasteiger partial charge in [0.2, 0.25) is 0 Å². The van der Waals surface area contributed by atoms with Crippen LogP contribution in [0.15, 0.2) is 0 Å². The van der Waals surface area contributed by atoms with Crippen LogP contribution in [0.3, 0.4) is 0 Å². The summed E-state index contributed by atoms with van der Waals surface area (Å²) in [6.07, 6.45) is -3.29. The van der Waals surface area contributed by atoms with Gasteiger partial charge in [0.1, 0.15) is 5.67 Å². The van der Waals surface area contributed by atoms with Gasteiger partial charge in [-0.25, -0.2) is 4.39 Å². The van der Waals surface area contributed by atoms with Gasteiger partial charge in [0.05, 0.1) is 0 Å². The molecule has 0 aromatic carbocycles. The summed E-state index contributed by atoms with van der Waals surface area (Å²) in [5.41, 5.74) is -1.59. The number of piperidine rings is 1. The molecule has 0 spiro atoms. The van der Waals surface area contributed by atoms with Crippen molar-refractivity contribution in [2.75, 3.05) is 0 Å². The fourth-order valence-electron chi connectivity index (χ4n) is 2.76. The van der Waals surface area contributed by atoms with E-state index < -0.39 is 18.3 Å². The molecule has 0 radical (unpaired) electrons. The molecule has 1 N–H and O–H groups in total. The molecule has 2 fully saturated rings. The van der Waals surface area contributed by atoms with Gasteiger partial charge >= 0.3 is 6.18 Å². The summed E-state index contributed by atoms with van der Waals surface area (Å²) >= 11 is 0. The Morgan fingerprint density at radius 3 is 2.13 bits per heavy atom. The highest BCUT2D eigenvalue weighted by Crippen LogP contribution is 2.41. The van der Waals surface area contributed by atoms with Crippen LogP contribution in [0, 0.1) is 0 Å². The van der Waals surface area contributed by atoms with Crippen molar-refractivity contribution in [3.05, 3.63) is 0 Å². The minimum Gasteiger partial charge on any atom is -0.311 e. The van der Waals surface area contributed by atoms with Crippen molar-refractivity contribution in [1.29, 1.82) is 0 Å². The number of rotatable bonds is 2. The van der Waals surface area contributed by atoms with E-state index in [-0.39, 0.29) is 31.3 Å². The van der Waals surface area contributed by atoms with E-state index in [9.17, 15) is 17.6 Å².